The monoisotopic (exact) mass is 210 g/mol. The maximum absolute atomic E-state index is 11.6. The van der Waals surface area contributed by atoms with Crippen molar-refractivity contribution in [1.29, 1.82) is 0 Å². The van der Waals surface area contributed by atoms with E-state index in [-0.39, 0.29) is 0 Å². The third kappa shape index (κ3) is 3.85. The van der Waals surface area contributed by atoms with Gasteiger partial charge < -0.3 is 11.1 Å². The summed E-state index contributed by atoms with van der Waals surface area (Å²) in [6, 6.07) is -5.81. The molecule has 0 rings (SSSR count). The van der Waals surface area contributed by atoms with Gasteiger partial charge in [-0.05, 0) is 0 Å². The van der Waals surface area contributed by atoms with E-state index in [0.29, 0.717) is 5.32 Å². The number of primary amides is 1. The summed E-state index contributed by atoms with van der Waals surface area (Å²) in [7, 11) is 0. The molecule has 0 unspecified atom stereocenters. The van der Waals surface area contributed by atoms with Gasteiger partial charge in [0.25, 0.3) is 0 Å². The van der Waals surface area contributed by atoms with Crippen LogP contribution in [0.4, 0.5) is 31.1 Å². The van der Waals surface area contributed by atoms with E-state index in [2.05, 4.69) is 5.73 Å². The Balaban J connectivity index is 4.68. The second kappa shape index (κ2) is 3.30. The van der Waals surface area contributed by atoms with Crippen molar-refractivity contribution in [3.05, 3.63) is 0 Å². The van der Waals surface area contributed by atoms with Gasteiger partial charge in [0.15, 0.2) is 0 Å². The zero-order valence-corrected chi connectivity index (χ0v) is 5.83. The molecule has 9 heteroatoms. The van der Waals surface area contributed by atoms with Crippen LogP contribution in [0.5, 0.6) is 0 Å². The molecule has 13 heavy (non-hydrogen) atoms. The highest BCUT2D eigenvalue weighted by atomic mass is 19.4. The summed E-state index contributed by atoms with van der Waals surface area (Å²) < 4.78 is 69.5. The zero-order valence-electron chi connectivity index (χ0n) is 5.83. The van der Waals surface area contributed by atoms with Crippen LogP contribution in [-0.4, -0.2) is 24.4 Å². The van der Waals surface area contributed by atoms with Gasteiger partial charge in [-0.1, -0.05) is 0 Å². The smallest absolute Gasteiger partial charge is 0.352 e. The van der Waals surface area contributed by atoms with Crippen LogP contribution in [0.1, 0.15) is 0 Å². The van der Waals surface area contributed by atoms with E-state index >= 15 is 0 Å². The Kier molecular flexibility index (Phi) is 3.01. The van der Waals surface area contributed by atoms with E-state index in [1.807, 2.05) is 0 Å². The van der Waals surface area contributed by atoms with Crippen LogP contribution in [0.25, 0.3) is 0 Å². The summed E-state index contributed by atoms with van der Waals surface area (Å²) >= 11 is 0. The van der Waals surface area contributed by atoms with Gasteiger partial charge in [0.1, 0.15) is 0 Å². The molecule has 0 bridgehead atoms. The summed E-state index contributed by atoms with van der Waals surface area (Å²) in [5.74, 6) is 0. The number of nitrogens with two attached hydrogens (primary N) is 1. The van der Waals surface area contributed by atoms with E-state index in [0.717, 1.165) is 0 Å². The molecule has 3 N–H and O–H groups in total. The molecule has 0 aliphatic rings. The van der Waals surface area contributed by atoms with Crippen LogP contribution in [-0.2, 0) is 0 Å². The number of urea groups is 1. The maximum atomic E-state index is 11.6. The van der Waals surface area contributed by atoms with Gasteiger partial charge in [-0.2, -0.15) is 26.3 Å². The van der Waals surface area contributed by atoms with Gasteiger partial charge in [0.05, 0.1) is 0 Å². The lowest BCUT2D eigenvalue weighted by Crippen LogP contribution is -2.55. The Bertz CT molecular complexity index is 182. The third-order valence-corrected chi connectivity index (χ3v) is 0.941. The van der Waals surface area contributed by atoms with E-state index in [1.165, 1.54) is 0 Å². The van der Waals surface area contributed by atoms with Crippen molar-refractivity contribution in [1.82, 2.24) is 5.32 Å². The first kappa shape index (κ1) is 11.8. The Morgan fingerprint density at radius 2 is 1.38 bits per heavy atom. The van der Waals surface area contributed by atoms with Crippen LogP contribution in [0.2, 0.25) is 0 Å². The van der Waals surface area contributed by atoms with Crippen LogP contribution in [0.3, 0.4) is 0 Å². The van der Waals surface area contributed by atoms with E-state index in [1.54, 1.807) is 0 Å². The summed E-state index contributed by atoms with van der Waals surface area (Å²) in [6.45, 7) is 0. The summed E-state index contributed by atoms with van der Waals surface area (Å²) in [5, 5.41) is 0.549. The standard InChI is InChI=1S/C4H4F6N2O/c5-3(6,7)1(4(8,9)10)12-2(11)13/h1H,(H3,11,12,13). The van der Waals surface area contributed by atoms with Crippen molar-refractivity contribution >= 4 is 6.03 Å². The number of carbonyl (C=O) groups is 1. The second-order valence-electron chi connectivity index (χ2n) is 2.02. The highest BCUT2D eigenvalue weighted by Crippen LogP contribution is 2.32. The minimum atomic E-state index is -5.60. The van der Waals surface area contributed by atoms with E-state index in [4.69, 9.17) is 0 Å². The molecule has 0 aromatic rings. The Labute approximate surface area is 67.9 Å². The molecule has 0 aliphatic heterocycles. The number of nitrogens with one attached hydrogen (secondary N) is 1. The lowest BCUT2D eigenvalue weighted by molar-refractivity contribution is -0.255. The van der Waals surface area contributed by atoms with E-state index in [9.17, 15) is 31.1 Å². The topological polar surface area (TPSA) is 55.1 Å². The largest absolute Gasteiger partial charge is 0.417 e. The molecule has 0 saturated carbocycles. The fourth-order valence-electron chi connectivity index (χ4n) is 0.491. The number of hydrogen-bond donors (Lipinski definition) is 2. The van der Waals surface area contributed by atoms with Crippen molar-refractivity contribution in [3.8, 4) is 0 Å². The van der Waals surface area contributed by atoms with Crippen molar-refractivity contribution in [3.63, 3.8) is 0 Å². The van der Waals surface area contributed by atoms with Gasteiger partial charge >= 0.3 is 18.4 Å². The number of hydrogen-bond acceptors (Lipinski definition) is 1. The van der Waals surface area contributed by atoms with Crippen molar-refractivity contribution in [2.24, 2.45) is 5.73 Å². The Morgan fingerprint density at radius 1 is 1.08 bits per heavy atom. The van der Waals surface area contributed by atoms with Crippen molar-refractivity contribution in [2.75, 3.05) is 0 Å². The fraction of sp³-hybridized carbons (Fsp3) is 0.750. The second-order valence-corrected chi connectivity index (χ2v) is 2.02. The number of alkyl halides is 6. The van der Waals surface area contributed by atoms with Gasteiger partial charge in [0.2, 0.25) is 6.04 Å². The first-order valence-corrected chi connectivity index (χ1v) is 2.74. The Morgan fingerprint density at radius 3 is 1.46 bits per heavy atom. The van der Waals surface area contributed by atoms with Gasteiger partial charge in [-0.3, -0.25) is 0 Å². The highest BCUT2D eigenvalue weighted by molar-refractivity contribution is 5.72. The quantitative estimate of drug-likeness (QED) is 0.626. The lowest BCUT2D eigenvalue weighted by atomic mass is 10.3. The van der Waals surface area contributed by atoms with Crippen molar-refractivity contribution < 1.29 is 31.1 Å². The highest BCUT2D eigenvalue weighted by Gasteiger charge is 2.57. The summed E-state index contributed by atoms with van der Waals surface area (Å²) in [5.41, 5.74) is 4.14. The molecule has 0 fully saturated rings. The van der Waals surface area contributed by atoms with Crippen LogP contribution >= 0.6 is 0 Å². The molecule has 0 aliphatic carbocycles. The molecule has 0 aromatic carbocycles. The average Bonchev–Trinajstić information content (AvgIpc) is 1.77. The molecular formula is C4H4F6N2O. The lowest BCUT2D eigenvalue weighted by Gasteiger charge is -2.22. The SMILES string of the molecule is NC(=O)NC(C(F)(F)F)C(F)(F)F. The molecular weight excluding hydrogens is 206 g/mol. The molecule has 0 heterocycles. The first-order valence-electron chi connectivity index (χ1n) is 2.74. The minimum absolute atomic E-state index is 0.549. The van der Waals surface area contributed by atoms with Crippen LogP contribution in [0.15, 0.2) is 0 Å². The normalized spacial score (nSPS) is 13.2. The predicted molar refractivity (Wildman–Crippen MR) is 28.6 cm³/mol. The number of halogens is 6. The molecule has 0 radical (unpaired) electrons. The molecule has 78 valence electrons. The van der Waals surface area contributed by atoms with Crippen LogP contribution < -0.4 is 11.1 Å². The molecule has 3 nitrogen and oxygen atoms in total. The zero-order chi connectivity index (χ0) is 10.9. The van der Waals surface area contributed by atoms with E-state index < -0.39 is 24.4 Å². The first-order chi connectivity index (χ1) is 5.55. The number of carbonyl (C=O) groups excluding carboxylic acids is 1. The number of amides is 2. The minimum Gasteiger partial charge on any atom is -0.352 e. The molecule has 0 atom stereocenters. The average molecular weight is 210 g/mol. The van der Waals surface area contributed by atoms with Crippen molar-refractivity contribution in [2.45, 2.75) is 18.4 Å². The van der Waals surface area contributed by atoms with Gasteiger partial charge in [-0.25, -0.2) is 4.79 Å². The number of rotatable bonds is 1. The molecule has 2 amide bonds. The summed E-state index contributed by atoms with van der Waals surface area (Å²) in [6.07, 6.45) is -11.2. The predicted octanol–water partition coefficient (Wildman–Crippen LogP) is 1.15. The molecule has 0 saturated heterocycles. The summed E-state index contributed by atoms with van der Waals surface area (Å²) in [4.78, 5) is 9.81. The molecule has 0 aromatic heterocycles. The van der Waals surface area contributed by atoms with Gasteiger partial charge in [0, 0.05) is 0 Å². The van der Waals surface area contributed by atoms with Gasteiger partial charge in [-0.15, -0.1) is 0 Å². The fourth-order valence-corrected chi connectivity index (χ4v) is 0.491. The maximum Gasteiger partial charge on any atom is 0.417 e. The Hall–Kier alpha value is -1.15. The third-order valence-electron chi connectivity index (χ3n) is 0.941. The van der Waals surface area contributed by atoms with Crippen LogP contribution in [0, 0.1) is 0 Å². The molecule has 0 spiro atoms.